The van der Waals surface area contributed by atoms with Gasteiger partial charge < -0.3 is 66.3 Å². The van der Waals surface area contributed by atoms with Crippen LogP contribution in [0.15, 0.2) is 33.9 Å². The Hall–Kier alpha value is -4.21. The number of hydrogen-bond acceptors (Lipinski definition) is 15. The van der Waals surface area contributed by atoms with Crippen LogP contribution >= 0.6 is 11.6 Å². The molecule has 1 aliphatic rings. The molecular formula is C35H50ClN5O14. The summed E-state index contributed by atoms with van der Waals surface area (Å²) in [7, 11) is 0. The summed E-state index contributed by atoms with van der Waals surface area (Å²) < 4.78 is 16.7. The van der Waals surface area contributed by atoms with Gasteiger partial charge in [-0.1, -0.05) is 36.6 Å². The summed E-state index contributed by atoms with van der Waals surface area (Å²) in [5.74, 6) is -5.78. The summed E-state index contributed by atoms with van der Waals surface area (Å²) in [4.78, 5) is 71.9. The zero-order valence-electron chi connectivity index (χ0n) is 30.4. The lowest BCUT2D eigenvalue weighted by molar-refractivity contribution is -0.310. The SMILES string of the molecule is CC(=O)NCCOCCNc1c(NCCCCCCO[C@]2(C(=O)O)C[C@H](O)[C@@H](NC(=O)CO)[C@H]([C@H](O)[C@H](O)CNC(=O)Cc3ccc(Cl)cc3)O2)c(=O)c1=O. The van der Waals surface area contributed by atoms with E-state index in [9.17, 15) is 54.3 Å². The lowest BCUT2D eigenvalue weighted by Crippen LogP contribution is -2.68. The maximum atomic E-state index is 12.5. The number of nitrogens with one attached hydrogen (secondary N) is 5. The highest BCUT2D eigenvalue weighted by molar-refractivity contribution is 6.30. The van der Waals surface area contributed by atoms with Crippen LogP contribution in [0.2, 0.25) is 5.02 Å². The minimum absolute atomic E-state index is 0.0712. The number of halogens is 1. The van der Waals surface area contributed by atoms with Gasteiger partial charge in [0.15, 0.2) is 0 Å². The normalized spacial score (nSPS) is 20.7. The Morgan fingerprint density at radius 1 is 0.909 bits per heavy atom. The Morgan fingerprint density at radius 2 is 1.55 bits per heavy atom. The maximum Gasteiger partial charge on any atom is 0.364 e. The van der Waals surface area contributed by atoms with Crippen molar-refractivity contribution in [3.05, 3.63) is 55.3 Å². The average molecular weight is 800 g/mol. The van der Waals surface area contributed by atoms with E-state index in [-0.39, 0.29) is 43.5 Å². The Balaban J connectivity index is 1.48. The molecule has 3 rings (SSSR count). The number of benzene rings is 1. The molecule has 0 bridgehead atoms. The van der Waals surface area contributed by atoms with E-state index in [0.717, 1.165) is 0 Å². The van der Waals surface area contributed by atoms with Crippen molar-refractivity contribution in [2.45, 2.75) is 81.7 Å². The van der Waals surface area contributed by atoms with Crippen LogP contribution in [0.5, 0.6) is 0 Å². The van der Waals surface area contributed by atoms with E-state index in [1.165, 1.54) is 6.92 Å². The molecule has 1 heterocycles. The Kier molecular flexibility index (Phi) is 18.4. The molecular weight excluding hydrogens is 750 g/mol. The lowest BCUT2D eigenvalue weighted by Gasteiger charge is -2.46. The smallest absolute Gasteiger partial charge is 0.364 e. The Morgan fingerprint density at radius 3 is 2.18 bits per heavy atom. The third-order valence-electron chi connectivity index (χ3n) is 8.67. The van der Waals surface area contributed by atoms with Gasteiger partial charge in [0, 0.05) is 44.5 Å². The topological polar surface area (TPSA) is 291 Å². The number of aliphatic hydroxyl groups excluding tert-OH is 4. The van der Waals surface area contributed by atoms with Gasteiger partial charge in [-0.3, -0.25) is 24.0 Å². The summed E-state index contributed by atoms with van der Waals surface area (Å²) in [5.41, 5.74) is -0.293. The highest BCUT2D eigenvalue weighted by atomic mass is 35.5. The number of carboxylic acid groups (broad SMARTS) is 1. The molecule has 2 aromatic rings. The van der Waals surface area contributed by atoms with Gasteiger partial charge in [0.2, 0.25) is 17.7 Å². The van der Waals surface area contributed by atoms with Gasteiger partial charge in [0.05, 0.1) is 44.5 Å². The number of carbonyl (C=O) groups is 4. The second kappa shape index (κ2) is 22.4. The summed E-state index contributed by atoms with van der Waals surface area (Å²) in [6.07, 6.45) is -5.81. The third kappa shape index (κ3) is 13.8. The van der Waals surface area contributed by atoms with Gasteiger partial charge in [-0.25, -0.2) is 4.79 Å². The molecule has 19 nitrogen and oxygen atoms in total. The number of carboxylic acids is 1. The number of amides is 3. The molecule has 0 spiro atoms. The van der Waals surface area contributed by atoms with Crippen LogP contribution in [0, 0.1) is 0 Å². The summed E-state index contributed by atoms with van der Waals surface area (Å²) >= 11 is 5.87. The first kappa shape index (κ1) is 45.2. The molecule has 20 heteroatoms. The number of anilines is 2. The zero-order chi connectivity index (χ0) is 40.5. The van der Waals surface area contributed by atoms with Crippen molar-refractivity contribution in [2.24, 2.45) is 0 Å². The second-order valence-electron chi connectivity index (χ2n) is 12.9. The average Bonchev–Trinajstić information content (AvgIpc) is 3.15. The highest BCUT2D eigenvalue weighted by Gasteiger charge is 2.55. The molecule has 0 aliphatic carbocycles. The van der Waals surface area contributed by atoms with E-state index in [1.54, 1.807) is 24.3 Å². The first-order valence-corrected chi connectivity index (χ1v) is 18.2. The van der Waals surface area contributed by atoms with Crippen LogP contribution in [0.3, 0.4) is 0 Å². The molecule has 0 saturated carbocycles. The Bertz CT molecular complexity index is 1640. The molecule has 306 valence electrons. The van der Waals surface area contributed by atoms with Crippen LogP contribution in [-0.4, -0.2) is 138 Å². The molecule has 1 saturated heterocycles. The molecule has 0 radical (unpaired) electrons. The monoisotopic (exact) mass is 799 g/mol. The predicted octanol–water partition coefficient (Wildman–Crippen LogP) is -2.02. The van der Waals surface area contributed by atoms with Crippen molar-refractivity contribution in [1.82, 2.24) is 16.0 Å². The predicted molar refractivity (Wildman–Crippen MR) is 197 cm³/mol. The first-order valence-electron chi connectivity index (χ1n) is 17.8. The molecule has 10 N–H and O–H groups in total. The third-order valence-corrected chi connectivity index (χ3v) is 8.93. The summed E-state index contributed by atoms with van der Waals surface area (Å²) in [6.45, 7) is 1.29. The van der Waals surface area contributed by atoms with Crippen molar-refractivity contribution < 1.29 is 58.9 Å². The van der Waals surface area contributed by atoms with Crippen molar-refractivity contribution in [3.8, 4) is 0 Å². The summed E-state index contributed by atoms with van der Waals surface area (Å²) in [5, 5.41) is 65.8. The molecule has 0 aromatic heterocycles. The molecule has 6 atom stereocenters. The van der Waals surface area contributed by atoms with Crippen LogP contribution < -0.4 is 37.4 Å². The van der Waals surface area contributed by atoms with E-state index in [0.29, 0.717) is 56.0 Å². The zero-order valence-corrected chi connectivity index (χ0v) is 31.1. The van der Waals surface area contributed by atoms with Gasteiger partial charge in [-0.15, -0.1) is 0 Å². The van der Waals surface area contributed by atoms with Crippen molar-refractivity contribution >= 4 is 46.7 Å². The fraction of sp³-hybridized carbons (Fsp3) is 0.600. The van der Waals surface area contributed by atoms with Crippen LogP contribution in [0.4, 0.5) is 11.4 Å². The van der Waals surface area contributed by atoms with Crippen molar-refractivity contribution in [3.63, 3.8) is 0 Å². The van der Waals surface area contributed by atoms with Gasteiger partial charge >= 0.3 is 5.97 Å². The number of rotatable bonds is 25. The van der Waals surface area contributed by atoms with Gasteiger partial charge in [0.25, 0.3) is 16.6 Å². The molecule has 1 fully saturated rings. The number of ether oxygens (including phenoxy) is 3. The number of aliphatic carboxylic acids is 1. The molecule has 55 heavy (non-hydrogen) atoms. The van der Waals surface area contributed by atoms with Crippen molar-refractivity contribution in [2.75, 3.05) is 63.2 Å². The van der Waals surface area contributed by atoms with Gasteiger partial charge in [-0.2, -0.15) is 0 Å². The minimum atomic E-state index is -2.49. The van der Waals surface area contributed by atoms with Crippen LogP contribution in [0.25, 0.3) is 0 Å². The largest absolute Gasteiger partial charge is 0.477 e. The summed E-state index contributed by atoms with van der Waals surface area (Å²) in [6, 6.07) is 5.00. The maximum absolute atomic E-state index is 12.5. The van der Waals surface area contributed by atoms with E-state index in [4.69, 9.17) is 25.8 Å². The van der Waals surface area contributed by atoms with Crippen LogP contribution in [-0.2, 0) is 39.8 Å². The molecule has 0 unspecified atom stereocenters. The number of hydrogen-bond donors (Lipinski definition) is 10. The van der Waals surface area contributed by atoms with Crippen molar-refractivity contribution in [1.29, 1.82) is 0 Å². The van der Waals surface area contributed by atoms with E-state index >= 15 is 0 Å². The Labute approximate surface area is 321 Å². The quantitative estimate of drug-likeness (QED) is 0.0383. The molecule has 3 amide bonds. The fourth-order valence-corrected chi connectivity index (χ4v) is 5.89. The highest BCUT2D eigenvalue weighted by Crippen LogP contribution is 2.34. The van der Waals surface area contributed by atoms with E-state index in [2.05, 4.69) is 26.6 Å². The lowest BCUT2D eigenvalue weighted by atomic mass is 9.88. The van der Waals surface area contributed by atoms with E-state index < -0.39 is 84.5 Å². The van der Waals surface area contributed by atoms with Gasteiger partial charge in [-0.05, 0) is 30.5 Å². The number of unbranched alkanes of at least 4 members (excludes halogenated alkanes) is 3. The van der Waals surface area contributed by atoms with E-state index in [1.807, 2.05) is 0 Å². The number of carbonyl (C=O) groups excluding carboxylic acids is 3. The standard InChI is InChI=1S/C35H50ClN5O14/c1-20(43)37-11-14-53-15-12-39-29-28(31(49)32(29)50)38-10-4-2-3-5-13-54-35(34(51)52)17-23(44)27(41-26(47)19-42)33(55-35)30(48)24(45)18-40-25(46)16-21-6-8-22(36)9-7-21/h6-9,23-24,27,30,33,38-39,42,44-45,48H,2-5,10-19H2,1H3,(H,37,43)(H,40,46)(H,41,47)(H,51,52)/t23-,24+,27+,30+,33+,35+/m0/s1. The van der Waals surface area contributed by atoms with Crippen LogP contribution in [0.1, 0.15) is 44.6 Å². The second-order valence-corrected chi connectivity index (χ2v) is 13.4. The minimum Gasteiger partial charge on any atom is -0.477 e. The van der Waals surface area contributed by atoms with Gasteiger partial charge in [0.1, 0.15) is 30.2 Å². The number of aliphatic hydroxyl groups is 4. The fourth-order valence-electron chi connectivity index (χ4n) is 5.76. The molecule has 1 aliphatic heterocycles. The molecule has 2 aromatic carbocycles. The first-order chi connectivity index (χ1) is 26.2.